The lowest BCUT2D eigenvalue weighted by atomic mass is 9.96. The van der Waals surface area contributed by atoms with Crippen molar-refractivity contribution in [2.45, 2.75) is 25.3 Å². The molecule has 1 aliphatic heterocycles. The van der Waals surface area contributed by atoms with Crippen molar-refractivity contribution in [1.82, 2.24) is 5.32 Å². The van der Waals surface area contributed by atoms with E-state index in [0.717, 1.165) is 47.8 Å². The summed E-state index contributed by atoms with van der Waals surface area (Å²) >= 11 is 0. The lowest BCUT2D eigenvalue weighted by Gasteiger charge is -2.29. The fourth-order valence-corrected chi connectivity index (χ4v) is 2.74. The van der Waals surface area contributed by atoms with Gasteiger partial charge in [0.05, 0.1) is 18.5 Å². The molecule has 6 heteroatoms. The number of hydrogen-bond donors (Lipinski definition) is 3. The van der Waals surface area contributed by atoms with Crippen LogP contribution < -0.4 is 15.4 Å². The van der Waals surface area contributed by atoms with Gasteiger partial charge in [-0.1, -0.05) is 0 Å². The van der Waals surface area contributed by atoms with Gasteiger partial charge >= 0.3 is 5.97 Å². The van der Waals surface area contributed by atoms with Gasteiger partial charge in [-0.25, -0.2) is 4.79 Å². The van der Waals surface area contributed by atoms with Crippen molar-refractivity contribution in [3.8, 4) is 5.75 Å². The number of aliphatic imine (C=N–C) groups is 1. The molecule has 3 N–H and O–H groups in total. The number of methoxy groups -OCH3 is 1. The van der Waals surface area contributed by atoms with E-state index in [-0.39, 0.29) is 0 Å². The normalized spacial score (nSPS) is 20.6. The van der Waals surface area contributed by atoms with Gasteiger partial charge in [0.25, 0.3) is 0 Å². The maximum atomic E-state index is 11.1. The molecule has 0 amide bonds. The molecular weight excluding hydrogens is 282 g/mol. The van der Waals surface area contributed by atoms with Crippen LogP contribution in [0.4, 0.5) is 5.69 Å². The van der Waals surface area contributed by atoms with Gasteiger partial charge in [-0.05, 0) is 43.5 Å². The minimum absolute atomic E-state index is 0.335. The predicted octanol–water partition coefficient (Wildman–Crippen LogP) is 2.00. The summed E-state index contributed by atoms with van der Waals surface area (Å²) in [6, 6.07) is 7.04. The monoisotopic (exact) mass is 301 g/mol. The van der Waals surface area contributed by atoms with E-state index >= 15 is 0 Å². The van der Waals surface area contributed by atoms with Crippen molar-refractivity contribution >= 4 is 17.4 Å². The standard InChI is InChI=1S/C16H19N3O3/c1-22-11-7-5-10(6-8-11)18-12-3-2-4-13-15(12)17-9-14(19-13)16(20)21/h5-8,14,17-18H,2-4,9H2,1H3,(H,20,21). The number of aliphatic carboxylic acids is 1. The Kier molecular flexibility index (Phi) is 4.00. The zero-order valence-corrected chi connectivity index (χ0v) is 12.4. The Bertz CT molecular complexity index is 635. The average Bonchev–Trinajstić information content (AvgIpc) is 2.55. The molecule has 0 radical (unpaired) electrons. The van der Waals surface area contributed by atoms with Crippen molar-refractivity contribution in [2.75, 3.05) is 19.0 Å². The molecule has 0 bridgehead atoms. The largest absolute Gasteiger partial charge is 0.497 e. The van der Waals surface area contributed by atoms with E-state index < -0.39 is 12.0 Å². The number of ether oxygens (including phenoxy) is 1. The summed E-state index contributed by atoms with van der Waals surface area (Å²) in [5.74, 6) is -0.0662. The number of carboxylic acids is 1. The third-order valence-electron chi connectivity index (χ3n) is 3.88. The number of allylic oxidation sites excluding steroid dienone is 2. The molecule has 22 heavy (non-hydrogen) atoms. The number of carbonyl (C=O) groups is 1. The van der Waals surface area contributed by atoms with Crippen LogP contribution in [0.25, 0.3) is 0 Å². The minimum atomic E-state index is -0.880. The number of anilines is 1. The average molecular weight is 301 g/mol. The molecule has 1 aromatic carbocycles. The second kappa shape index (κ2) is 6.09. The van der Waals surface area contributed by atoms with Crippen molar-refractivity contribution in [3.05, 3.63) is 35.7 Å². The van der Waals surface area contributed by atoms with E-state index in [2.05, 4.69) is 15.6 Å². The Morgan fingerprint density at radius 1 is 1.36 bits per heavy atom. The fraction of sp³-hybridized carbons (Fsp3) is 0.375. The molecule has 1 aromatic rings. The summed E-state index contributed by atoms with van der Waals surface area (Å²) in [6.45, 7) is 0.335. The molecule has 116 valence electrons. The Morgan fingerprint density at radius 3 is 2.82 bits per heavy atom. The van der Waals surface area contributed by atoms with Gasteiger partial charge in [0.15, 0.2) is 6.04 Å². The van der Waals surface area contributed by atoms with Gasteiger partial charge in [0.1, 0.15) is 5.75 Å². The smallest absolute Gasteiger partial charge is 0.330 e. The van der Waals surface area contributed by atoms with Gasteiger partial charge in [-0.3, -0.25) is 4.99 Å². The highest BCUT2D eigenvalue weighted by molar-refractivity contribution is 6.03. The Hall–Kier alpha value is -2.50. The van der Waals surface area contributed by atoms with Crippen LogP contribution in [-0.2, 0) is 4.79 Å². The lowest BCUT2D eigenvalue weighted by Crippen LogP contribution is -2.41. The molecule has 0 spiro atoms. The summed E-state index contributed by atoms with van der Waals surface area (Å²) in [5, 5.41) is 15.7. The number of carboxylic acid groups (broad SMARTS) is 1. The SMILES string of the molecule is COc1ccc(NC2=C3NCC(C(=O)O)N=C3CCC2)cc1. The quantitative estimate of drug-likeness (QED) is 0.792. The van der Waals surface area contributed by atoms with E-state index in [9.17, 15) is 4.79 Å². The molecule has 3 rings (SSSR count). The summed E-state index contributed by atoms with van der Waals surface area (Å²) in [6.07, 6.45) is 2.71. The fourth-order valence-electron chi connectivity index (χ4n) is 2.74. The number of hydrogen-bond acceptors (Lipinski definition) is 5. The highest BCUT2D eigenvalue weighted by Gasteiger charge is 2.28. The van der Waals surface area contributed by atoms with Crippen LogP contribution >= 0.6 is 0 Å². The topological polar surface area (TPSA) is 83.0 Å². The van der Waals surface area contributed by atoms with E-state index in [1.807, 2.05) is 24.3 Å². The molecular formula is C16H19N3O3. The minimum Gasteiger partial charge on any atom is -0.497 e. The zero-order chi connectivity index (χ0) is 15.5. The molecule has 1 unspecified atom stereocenters. The van der Waals surface area contributed by atoms with Crippen molar-refractivity contribution in [2.24, 2.45) is 4.99 Å². The van der Waals surface area contributed by atoms with Crippen LogP contribution in [0.5, 0.6) is 5.75 Å². The number of benzene rings is 1. The van der Waals surface area contributed by atoms with Crippen LogP contribution in [0, 0.1) is 0 Å². The zero-order valence-electron chi connectivity index (χ0n) is 12.4. The molecule has 0 fully saturated rings. The number of nitrogens with one attached hydrogen (secondary N) is 2. The van der Waals surface area contributed by atoms with Crippen LogP contribution in [0.3, 0.4) is 0 Å². The van der Waals surface area contributed by atoms with Crippen LogP contribution in [-0.4, -0.2) is 36.5 Å². The molecule has 0 saturated heterocycles. The van der Waals surface area contributed by atoms with Crippen LogP contribution in [0.1, 0.15) is 19.3 Å². The highest BCUT2D eigenvalue weighted by atomic mass is 16.5. The predicted molar refractivity (Wildman–Crippen MR) is 84.4 cm³/mol. The molecule has 2 aliphatic rings. The molecule has 1 aliphatic carbocycles. The maximum Gasteiger partial charge on any atom is 0.330 e. The first-order valence-electron chi connectivity index (χ1n) is 7.35. The van der Waals surface area contributed by atoms with Crippen molar-refractivity contribution < 1.29 is 14.6 Å². The molecule has 1 heterocycles. The van der Waals surface area contributed by atoms with E-state index in [4.69, 9.17) is 9.84 Å². The first-order chi connectivity index (χ1) is 10.7. The Labute approximate surface area is 128 Å². The first-order valence-corrected chi connectivity index (χ1v) is 7.35. The molecule has 1 atom stereocenters. The molecule has 0 saturated carbocycles. The third kappa shape index (κ3) is 2.90. The second-order valence-corrected chi connectivity index (χ2v) is 5.37. The summed E-state index contributed by atoms with van der Waals surface area (Å²) in [5.41, 5.74) is 3.87. The van der Waals surface area contributed by atoms with E-state index in [1.54, 1.807) is 7.11 Å². The first kappa shape index (κ1) is 14.4. The van der Waals surface area contributed by atoms with Crippen LogP contribution in [0.15, 0.2) is 40.7 Å². The summed E-state index contributed by atoms with van der Waals surface area (Å²) < 4.78 is 5.15. The van der Waals surface area contributed by atoms with E-state index in [0.29, 0.717) is 6.54 Å². The maximum absolute atomic E-state index is 11.1. The summed E-state index contributed by atoms with van der Waals surface area (Å²) in [4.78, 5) is 15.4. The number of fused-ring (bicyclic) bond motifs is 1. The Morgan fingerprint density at radius 2 is 2.14 bits per heavy atom. The number of rotatable bonds is 4. The van der Waals surface area contributed by atoms with Gasteiger partial charge in [0, 0.05) is 17.9 Å². The highest BCUT2D eigenvalue weighted by Crippen LogP contribution is 2.26. The molecule has 0 aromatic heterocycles. The van der Waals surface area contributed by atoms with E-state index in [1.165, 1.54) is 0 Å². The van der Waals surface area contributed by atoms with Gasteiger partial charge in [-0.15, -0.1) is 0 Å². The van der Waals surface area contributed by atoms with Crippen molar-refractivity contribution in [3.63, 3.8) is 0 Å². The Balaban J connectivity index is 1.83. The number of nitrogens with zero attached hydrogens (tertiary/aromatic N) is 1. The van der Waals surface area contributed by atoms with Gasteiger partial charge in [-0.2, -0.15) is 0 Å². The lowest BCUT2D eigenvalue weighted by molar-refractivity contribution is -0.138. The van der Waals surface area contributed by atoms with Gasteiger partial charge < -0.3 is 20.5 Å². The molecule has 6 nitrogen and oxygen atoms in total. The van der Waals surface area contributed by atoms with Crippen LogP contribution in [0.2, 0.25) is 0 Å². The second-order valence-electron chi connectivity index (χ2n) is 5.37. The summed E-state index contributed by atoms with van der Waals surface area (Å²) in [7, 11) is 1.64. The van der Waals surface area contributed by atoms with Crippen molar-refractivity contribution in [1.29, 1.82) is 0 Å². The third-order valence-corrected chi connectivity index (χ3v) is 3.88. The van der Waals surface area contributed by atoms with Gasteiger partial charge in [0.2, 0.25) is 0 Å².